The van der Waals surface area contributed by atoms with Crippen molar-refractivity contribution < 1.29 is 22.4 Å². The standard InChI is InChI=1S/C14H10F4N2O/c15-11-3-1-2-9(10(11)6-13(19)21)8-4-5-12(20-7-8)14(16,17)18/h1-5,7H,6H2,(H2,19,21). The molecular formula is C14H10F4N2O. The van der Waals surface area contributed by atoms with E-state index in [1.54, 1.807) is 0 Å². The summed E-state index contributed by atoms with van der Waals surface area (Å²) in [7, 11) is 0. The first-order chi connectivity index (χ1) is 9.79. The monoisotopic (exact) mass is 298 g/mol. The SMILES string of the molecule is NC(=O)Cc1c(F)cccc1-c1ccc(C(F)(F)F)nc1. The van der Waals surface area contributed by atoms with E-state index in [2.05, 4.69) is 4.98 Å². The van der Waals surface area contributed by atoms with Gasteiger partial charge in [0.15, 0.2) is 0 Å². The number of carbonyl (C=O) groups is 1. The van der Waals surface area contributed by atoms with E-state index in [-0.39, 0.29) is 23.1 Å². The number of nitrogens with zero attached hydrogens (tertiary/aromatic N) is 1. The minimum atomic E-state index is -4.55. The Hall–Kier alpha value is -2.44. The highest BCUT2D eigenvalue weighted by Gasteiger charge is 2.32. The molecule has 1 amide bonds. The predicted octanol–water partition coefficient (Wildman–Crippen LogP) is 2.93. The van der Waals surface area contributed by atoms with E-state index >= 15 is 0 Å². The number of amides is 1. The molecule has 0 atom stereocenters. The third kappa shape index (κ3) is 3.36. The second-order valence-electron chi connectivity index (χ2n) is 4.34. The van der Waals surface area contributed by atoms with Crippen molar-refractivity contribution in [3.05, 3.63) is 53.6 Å². The summed E-state index contributed by atoms with van der Waals surface area (Å²) in [6.45, 7) is 0. The van der Waals surface area contributed by atoms with Crippen LogP contribution in [0.3, 0.4) is 0 Å². The van der Waals surface area contributed by atoms with Crippen molar-refractivity contribution in [1.29, 1.82) is 0 Å². The van der Waals surface area contributed by atoms with E-state index in [0.29, 0.717) is 0 Å². The fraction of sp³-hybridized carbons (Fsp3) is 0.143. The molecule has 1 aromatic carbocycles. The van der Waals surface area contributed by atoms with E-state index in [0.717, 1.165) is 18.3 Å². The van der Waals surface area contributed by atoms with Crippen LogP contribution < -0.4 is 5.73 Å². The molecule has 2 aromatic rings. The van der Waals surface area contributed by atoms with Crippen LogP contribution in [0.5, 0.6) is 0 Å². The highest BCUT2D eigenvalue weighted by atomic mass is 19.4. The molecule has 0 spiro atoms. The minimum Gasteiger partial charge on any atom is -0.369 e. The molecule has 0 saturated heterocycles. The summed E-state index contributed by atoms with van der Waals surface area (Å²) in [5.74, 6) is -1.38. The molecule has 110 valence electrons. The van der Waals surface area contributed by atoms with Gasteiger partial charge in [0.05, 0.1) is 6.42 Å². The van der Waals surface area contributed by atoms with Crippen LogP contribution in [0, 0.1) is 5.82 Å². The molecule has 3 nitrogen and oxygen atoms in total. The fourth-order valence-corrected chi connectivity index (χ4v) is 1.90. The highest BCUT2D eigenvalue weighted by Crippen LogP contribution is 2.30. The van der Waals surface area contributed by atoms with Gasteiger partial charge in [-0.15, -0.1) is 0 Å². The minimum absolute atomic E-state index is 0.0339. The third-order valence-electron chi connectivity index (χ3n) is 2.83. The summed E-state index contributed by atoms with van der Waals surface area (Å²) in [5, 5.41) is 0. The number of primary amides is 1. The summed E-state index contributed by atoms with van der Waals surface area (Å²) >= 11 is 0. The zero-order valence-electron chi connectivity index (χ0n) is 10.6. The van der Waals surface area contributed by atoms with Gasteiger partial charge in [-0.05, 0) is 17.7 Å². The average molecular weight is 298 g/mol. The highest BCUT2D eigenvalue weighted by molar-refractivity contribution is 5.80. The van der Waals surface area contributed by atoms with Crippen molar-refractivity contribution in [1.82, 2.24) is 4.98 Å². The van der Waals surface area contributed by atoms with Gasteiger partial charge in [-0.25, -0.2) is 4.39 Å². The average Bonchev–Trinajstić information content (AvgIpc) is 2.40. The number of pyridine rings is 1. The van der Waals surface area contributed by atoms with Gasteiger partial charge in [0, 0.05) is 17.3 Å². The summed E-state index contributed by atoms with van der Waals surface area (Å²) in [6.07, 6.45) is -3.90. The fourth-order valence-electron chi connectivity index (χ4n) is 1.90. The van der Waals surface area contributed by atoms with Gasteiger partial charge < -0.3 is 5.73 Å². The molecule has 0 radical (unpaired) electrons. The van der Waals surface area contributed by atoms with E-state index in [4.69, 9.17) is 5.73 Å². The Kier molecular flexibility index (Phi) is 3.93. The zero-order chi connectivity index (χ0) is 15.6. The Morgan fingerprint density at radius 3 is 2.43 bits per heavy atom. The number of aromatic nitrogens is 1. The first kappa shape index (κ1) is 15.0. The Labute approximate surface area is 117 Å². The molecule has 7 heteroatoms. The molecule has 2 rings (SSSR count). The van der Waals surface area contributed by atoms with E-state index < -0.39 is 23.6 Å². The summed E-state index contributed by atoms with van der Waals surface area (Å²) in [6, 6.07) is 6.01. The number of nitrogens with two attached hydrogens (primary N) is 1. The molecule has 0 saturated carbocycles. The van der Waals surface area contributed by atoms with Crippen molar-refractivity contribution in [2.45, 2.75) is 12.6 Å². The summed E-state index contributed by atoms with van der Waals surface area (Å²) in [4.78, 5) is 14.3. The lowest BCUT2D eigenvalue weighted by atomic mass is 9.98. The van der Waals surface area contributed by atoms with Crippen LogP contribution in [-0.4, -0.2) is 10.9 Å². The van der Waals surface area contributed by atoms with Crippen molar-refractivity contribution in [2.24, 2.45) is 5.73 Å². The molecule has 1 aromatic heterocycles. The number of halogens is 4. The molecule has 0 aliphatic rings. The predicted molar refractivity (Wildman–Crippen MR) is 67.5 cm³/mol. The van der Waals surface area contributed by atoms with Gasteiger partial charge in [0.2, 0.25) is 5.91 Å². The number of carbonyl (C=O) groups excluding carboxylic acids is 1. The smallest absolute Gasteiger partial charge is 0.369 e. The van der Waals surface area contributed by atoms with Crippen LogP contribution in [0.2, 0.25) is 0 Å². The number of alkyl halides is 3. The molecule has 0 aliphatic heterocycles. The number of benzene rings is 1. The van der Waals surface area contributed by atoms with Crippen LogP contribution >= 0.6 is 0 Å². The molecule has 0 aliphatic carbocycles. The van der Waals surface area contributed by atoms with Crippen LogP contribution in [-0.2, 0) is 17.4 Å². The molecule has 0 bridgehead atoms. The lowest BCUT2D eigenvalue weighted by Crippen LogP contribution is -2.15. The third-order valence-corrected chi connectivity index (χ3v) is 2.83. The van der Waals surface area contributed by atoms with Crippen molar-refractivity contribution >= 4 is 5.91 Å². The van der Waals surface area contributed by atoms with Gasteiger partial charge in [-0.3, -0.25) is 9.78 Å². The first-order valence-electron chi connectivity index (χ1n) is 5.88. The van der Waals surface area contributed by atoms with Gasteiger partial charge in [-0.2, -0.15) is 13.2 Å². The zero-order valence-corrected chi connectivity index (χ0v) is 10.6. The second kappa shape index (κ2) is 5.51. The van der Waals surface area contributed by atoms with Crippen LogP contribution in [0.15, 0.2) is 36.5 Å². The van der Waals surface area contributed by atoms with Gasteiger partial charge in [-0.1, -0.05) is 18.2 Å². The Morgan fingerprint density at radius 2 is 1.90 bits per heavy atom. The van der Waals surface area contributed by atoms with Crippen LogP contribution in [0.1, 0.15) is 11.3 Å². The lowest BCUT2D eigenvalue weighted by Gasteiger charge is -2.11. The first-order valence-corrected chi connectivity index (χ1v) is 5.88. The van der Waals surface area contributed by atoms with Crippen LogP contribution in [0.4, 0.5) is 17.6 Å². The quantitative estimate of drug-likeness (QED) is 0.886. The maximum atomic E-state index is 13.8. The van der Waals surface area contributed by atoms with Gasteiger partial charge in [0.1, 0.15) is 11.5 Å². The number of hydrogen-bond acceptors (Lipinski definition) is 2. The van der Waals surface area contributed by atoms with Crippen molar-refractivity contribution in [3.8, 4) is 11.1 Å². The van der Waals surface area contributed by atoms with E-state index in [9.17, 15) is 22.4 Å². The molecule has 21 heavy (non-hydrogen) atoms. The molecular weight excluding hydrogens is 288 g/mol. The number of rotatable bonds is 3. The normalized spacial score (nSPS) is 11.4. The van der Waals surface area contributed by atoms with Crippen molar-refractivity contribution in [2.75, 3.05) is 0 Å². The molecule has 0 fully saturated rings. The largest absolute Gasteiger partial charge is 0.433 e. The maximum absolute atomic E-state index is 13.8. The molecule has 2 N–H and O–H groups in total. The van der Waals surface area contributed by atoms with E-state index in [1.165, 1.54) is 18.2 Å². The topological polar surface area (TPSA) is 56.0 Å². The molecule has 0 unspecified atom stereocenters. The molecule has 1 heterocycles. The van der Waals surface area contributed by atoms with Crippen LogP contribution in [0.25, 0.3) is 11.1 Å². The summed E-state index contributed by atoms with van der Waals surface area (Å²) in [5.41, 5.74) is 4.61. The number of hydrogen-bond donors (Lipinski definition) is 1. The van der Waals surface area contributed by atoms with Gasteiger partial charge >= 0.3 is 6.18 Å². The maximum Gasteiger partial charge on any atom is 0.433 e. The van der Waals surface area contributed by atoms with Gasteiger partial charge in [0.25, 0.3) is 0 Å². The lowest BCUT2D eigenvalue weighted by molar-refractivity contribution is -0.141. The Bertz CT molecular complexity index is 666. The van der Waals surface area contributed by atoms with Crippen molar-refractivity contribution in [3.63, 3.8) is 0 Å². The second-order valence-corrected chi connectivity index (χ2v) is 4.34. The van der Waals surface area contributed by atoms with E-state index in [1.807, 2.05) is 0 Å². The summed E-state index contributed by atoms with van der Waals surface area (Å²) < 4.78 is 51.1. The Balaban J connectivity index is 2.47. The Morgan fingerprint density at radius 1 is 1.19 bits per heavy atom.